The number of nitrogens with one attached hydrogen (secondary N) is 2. The second-order valence-corrected chi connectivity index (χ2v) is 12.0. The zero-order valence-electron chi connectivity index (χ0n) is 23.9. The van der Waals surface area contributed by atoms with Gasteiger partial charge in [-0.3, -0.25) is 9.59 Å². The number of likely N-dealkylation sites (N-methyl/N-ethyl adjacent to an activating group) is 1. The number of rotatable bonds is 12. The lowest BCUT2D eigenvalue weighted by molar-refractivity contribution is -0.130. The molecule has 0 aliphatic heterocycles. The van der Waals surface area contributed by atoms with Crippen LogP contribution >= 0.6 is 0 Å². The number of benzene rings is 4. The van der Waals surface area contributed by atoms with E-state index >= 15 is 0 Å². The molecule has 0 radical (unpaired) electrons. The summed E-state index contributed by atoms with van der Waals surface area (Å²) in [6, 6.07) is 30.3. The Kier molecular flexibility index (Phi) is 10.1. The minimum absolute atomic E-state index is 0.115. The van der Waals surface area contributed by atoms with Gasteiger partial charge in [-0.25, -0.2) is 8.42 Å². The second kappa shape index (κ2) is 13.9. The van der Waals surface area contributed by atoms with Gasteiger partial charge in [-0.05, 0) is 66.3 Å². The third kappa shape index (κ3) is 8.52. The van der Waals surface area contributed by atoms with Crippen molar-refractivity contribution in [2.24, 2.45) is 0 Å². The minimum atomic E-state index is -3.89. The van der Waals surface area contributed by atoms with E-state index in [1.807, 2.05) is 73.7 Å². The second-order valence-electron chi connectivity index (χ2n) is 10.3. The summed E-state index contributed by atoms with van der Waals surface area (Å²) < 4.78 is 28.6. The lowest BCUT2D eigenvalue weighted by Gasteiger charge is -2.22. The number of nitrogens with zero attached hydrogens (tertiary/aromatic N) is 1. The van der Waals surface area contributed by atoms with Crippen LogP contribution < -0.4 is 15.0 Å². The van der Waals surface area contributed by atoms with Crippen LogP contribution in [-0.4, -0.2) is 45.3 Å². The summed E-state index contributed by atoms with van der Waals surface area (Å²) in [7, 11) is -0.677. The quantitative estimate of drug-likeness (QED) is 0.235. The normalized spacial score (nSPS) is 11.9. The minimum Gasteiger partial charge on any atom is -0.380 e. The Balaban J connectivity index is 1.36. The third-order valence-corrected chi connectivity index (χ3v) is 8.20. The van der Waals surface area contributed by atoms with Gasteiger partial charge < -0.3 is 9.74 Å². The van der Waals surface area contributed by atoms with Gasteiger partial charge in [0.05, 0.1) is 4.90 Å². The smallest absolute Gasteiger partial charge is 0.252 e. The highest BCUT2D eigenvalue weighted by Gasteiger charge is 2.27. The number of aryl methyl sites for hydroxylation is 2. The molecule has 0 heterocycles. The molecular weight excluding hydrogens is 550 g/mol. The van der Waals surface area contributed by atoms with Gasteiger partial charge in [0.2, 0.25) is 15.9 Å². The number of hydrogen-bond acceptors (Lipinski definition) is 5. The van der Waals surface area contributed by atoms with Gasteiger partial charge in [-0.2, -0.15) is 10.2 Å². The van der Waals surface area contributed by atoms with Crippen molar-refractivity contribution in [3.05, 3.63) is 120 Å². The average Bonchev–Trinajstić information content (AvgIpc) is 2.99. The zero-order valence-corrected chi connectivity index (χ0v) is 24.7. The van der Waals surface area contributed by atoms with E-state index in [1.165, 1.54) is 17.0 Å². The predicted octanol–water partition coefficient (Wildman–Crippen LogP) is 4.68. The molecule has 42 heavy (non-hydrogen) atoms. The van der Waals surface area contributed by atoms with Crippen LogP contribution in [0.2, 0.25) is 0 Å². The molecule has 2 N–H and O–H groups in total. The highest BCUT2D eigenvalue weighted by atomic mass is 32.2. The zero-order chi connectivity index (χ0) is 30.1. The van der Waals surface area contributed by atoms with Crippen molar-refractivity contribution in [3.8, 4) is 16.9 Å². The monoisotopic (exact) mass is 585 g/mol. The molecule has 1 atom stereocenters. The first-order valence-corrected chi connectivity index (χ1v) is 15.1. The van der Waals surface area contributed by atoms with Crippen LogP contribution in [-0.2, 0) is 32.5 Å². The number of carbonyl (C=O) groups is 2. The SMILES string of the molecule is Cc1ccc(S(=O)(=O)N[C@H](Cc2ccc(-c3ccc(CCC(=O)NOc4ccccc4)cc3)cc2)C(=O)N(C)C)cc1. The first-order valence-electron chi connectivity index (χ1n) is 13.6. The fourth-order valence-electron chi connectivity index (χ4n) is 4.31. The van der Waals surface area contributed by atoms with E-state index < -0.39 is 16.1 Å². The summed E-state index contributed by atoms with van der Waals surface area (Å²) >= 11 is 0. The maximum Gasteiger partial charge on any atom is 0.252 e. The Bertz CT molecular complexity index is 1590. The van der Waals surface area contributed by atoms with E-state index in [0.717, 1.165) is 27.8 Å². The van der Waals surface area contributed by atoms with E-state index in [9.17, 15) is 18.0 Å². The van der Waals surface area contributed by atoms with Gasteiger partial charge in [-0.15, -0.1) is 0 Å². The lowest BCUT2D eigenvalue weighted by atomic mass is 9.99. The van der Waals surface area contributed by atoms with E-state index in [1.54, 1.807) is 38.4 Å². The highest BCUT2D eigenvalue weighted by Crippen LogP contribution is 2.22. The summed E-state index contributed by atoms with van der Waals surface area (Å²) in [6.45, 7) is 1.88. The van der Waals surface area contributed by atoms with Crippen molar-refractivity contribution < 1.29 is 22.8 Å². The van der Waals surface area contributed by atoms with Gasteiger partial charge in [0.15, 0.2) is 5.75 Å². The summed E-state index contributed by atoms with van der Waals surface area (Å²) in [6.07, 6.45) is 1.07. The van der Waals surface area contributed by atoms with E-state index in [2.05, 4.69) is 10.2 Å². The average molecular weight is 586 g/mol. The fourth-order valence-corrected chi connectivity index (χ4v) is 5.50. The van der Waals surface area contributed by atoms with Gasteiger partial charge in [-0.1, -0.05) is 84.4 Å². The van der Waals surface area contributed by atoms with Crippen LogP contribution in [0.3, 0.4) is 0 Å². The van der Waals surface area contributed by atoms with Crippen molar-refractivity contribution in [3.63, 3.8) is 0 Å². The Hall–Kier alpha value is -4.47. The molecule has 0 fully saturated rings. The van der Waals surface area contributed by atoms with Crippen molar-refractivity contribution in [1.82, 2.24) is 15.1 Å². The molecular formula is C33H35N3O5S. The highest BCUT2D eigenvalue weighted by molar-refractivity contribution is 7.89. The van der Waals surface area contributed by atoms with E-state index in [-0.39, 0.29) is 23.1 Å². The summed E-state index contributed by atoms with van der Waals surface area (Å²) in [5, 5.41) is 0. The van der Waals surface area contributed by atoms with Gasteiger partial charge in [0.1, 0.15) is 6.04 Å². The molecule has 218 valence electrons. The first-order chi connectivity index (χ1) is 20.1. The van der Waals surface area contributed by atoms with Crippen LogP contribution in [0.4, 0.5) is 0 Å². The summed E-state index contributed by atoms with van der Waals surface area (Å²) in [5.41, 5.74) is 7.24. The maximum absolute atomic E-state index is 13.0. The van der Waals surface area contributed by atoms with Crippen molar-refractivity contribution in [2.45, 2.75) is 37.1 Å². The number of hydrogen-bond donors (Lipinski definition) is 2. The number of sulfonamides is 1. The van der Waals surface area contributed by atoms with Crippen molar-refractivity contribution in [2.75, 3.05) is 14.1 Å². The predicted molar refractivity (Wildman–Crippen MR) is 163 cm³/mol. The number of carbonyl (C=O) groups excluding carboxylic acids is 2. The summed E-state index contributed by atoms with van der Waals surface area (Å²) in [4.78, 5) is 31.8. The molecule has 0 bridgehead atoms. The molecule has 0 aliphatic rings. The molecule has 8 nitrogen and oxygen atoms in total. The molecule has 0 aromatic heterocycles. The molecule has 2 amide bonds. The van der Waals surface area contributed by atoms with E-state index in [4.69, 9.17) is 4.84 Å². The number of amides is 2. The van der Waals surface area contributed by atoms with E-state index in [0.29, 0.717) is 18.6 Å². The van der Waals surface area contributed by atoms with Crippen LogP contribution in [0.15, 0.2) is 108 Å². The Morgan fingerprint density at radius 1 is 0.786 bits per heavy atom. The van der Waals surface area contributed by atoms with Crippen LogP contribution in [0.1, 0.15) is 23.1 Å². The van der Waals surface area contributed by atoms with Gasteiger partial charge in [0.25, 0.3) is 5.91 Å². The molecule has 4 aromatic carbocycles. The molecule has 0 unspecified atom stereocenters. The van der Waals surface area contributed by atoms with Crippen molar-refractivity contribution in [1.29, 1.82) is 0 Å². The molecule has 0 aliphatic carbocycles. The molecule has 0 saturated carbocycles. The largest absolute Gasteiger partial charge is 0.380 e. The van der Waals surface area contributed by atoms with Gasteiger partial charge >= 0.3 is 0 Å². The van der Waals surface area contributed by atoms with Crippen LogP contribution in [0, 0.1) is 6.92 Å². The molecule has 9 heteroatoms. The Morgan fingerprint density at radius 3 is 1.93 bits per heavy atom. The Morgan fingerprint density at radius 2 is 1.36 bits per heavy atom. The maximum atomic E-state index is 13.0. The number of para-hydroxylation sites is 1. The standard InChI is InChI=1S/C33H35N3O5S/c1-24-9-20-30(21-10-24)42(39,40)35-31(33(38)36(2)3)23-26-13-18-28(19-14-26)27-16-11-25(12-17-27)15-22-32(37)34-41-29-7-5-4-6-8-29/h4-14,16-21,31,35H,15,22-23H2,1-3H3,(H,34,37)/t31-/m1/s1. The van der Waals surface area contributed by atoms with Gasteiger partial charge in [0, 0.05) is 20.5 Å². The Labute approximate surface area is 247 Å². The molecule has 4 rings (SSSR count). The van der Waals surface area contributed by atoms with Crippen LogP contribution in [0.25, 0.3) is 11.1 Å². The first kappa shape index (κ1) is 30.5. The van der Waals surface area contributed by atoms with Crippen molar-refractivity contribution >= 4 is 21.8 Å². The molecule has 4 aromatic rings. The van der Waals surface area contributed by atoms with Crippen LogP contribution in [0.5, 0.6) is 5.75 Å². The molecule has 0 saturated heterocycles. The topological polar surface area (TPSA) is 105 Å². The summed E-state index contributed by atoms with van der Waals surface area (Å²) in [5.74, 6) is 0.0426. The third-order valence-electron chi connectivity index (χ3n) is 6.72. The lowest BCUT2D eigenvalue weighted by Crippen LogP contribution is -2.47. The fraction of sp³-hybridized carbons (Fsp3) is 0.212. The molecule has 0 spiro atoms. The number of hydroxylamine groups is 1.